The molecule has 0 radical (unpaired) electrons. The Morgan fingerprint density at radius 1 is 0.964 bits per heavy atom. The van der Waals surface area contributed by atoms with Crippen molar-refractivity contribution < 1.29 is 9.53 Å². The van der Waals surface area contributed by atoms with Crippen LogP contribution in [0.1, 0.15) is 11.5 Å². The first-order chi connectivity index (χ1) is 13.2. The smallest absolute Gasteiger partial charge is 0.260 e. The minimum atomic E-state index is 0. The van der Waals surface area contributed by atoms with Crippen LogP contribution in [0.4, 0.5) is 0 Å². The fourth-order valence-electron chi connectivity index (χ4n) is 3.89. The van der Waals surface area contributed by atoms with E-state index in [0.29, 0.717) is 25.6 Å². The molecule has 1 fully saturated rings. The lowest BCUT2D eigenvalue weighted by atomic mass is 9.89. The molecule has 0 unspecified atom stereocenters. The number of hydrogen-bond donors (Lipinski definition) is 1. The number of rotatable bonds is 5. The predicted octanol–water partition coefficient (Wildman–Crippen LogP) is 3.84. The Labute approximate surface area is 171 Å². The van der Waals surface area contributed by atoms with Crippen molar-refractivity contribution in [2.45, 2.75) is 5.92 Å². The molecule has 3 aromatic carbocycles. The lowest BCUT2D eigenvalue weighted by Crippen LogP contribution is -2.33. The third-order valence-corrected chi connectivity index (χ3v) is 5.41. The van der Waals surface area contributed by atoms with Crippen molar-refractivity contribution in [1.29, 1.82) is 0 Å². The second-order valence-corrected chi connectivity index (χ2v) is 7.11. The summed E-state index contributed by atoms with van der Waals surface area (Å²) in [5, 5.41) is 2.27. The molecule has 28 heavy (non-hydrogen) atoms. The van der Waals surface area contributed by atoms with E-state index in [9.17, 15) is 4.79 Å². The molecule has 3 aromatic rings. The summed E-state index contributed by atoms with van der Waals surface area (Å²) in [7, 11) is 0. The number of nitrogens with two attached hydrogens (primary N) is 1. The third-order valence-electron chi connectivity index (χ3n) is 5.41. The molecule has 4 rings (SSSR count). The van der Waals surface area contributed by atoms with Crippen molar-refractivity contribution in [3.8, 4) is 5.75 Å². The van der Waals surface area contributed by atoms with Crippen LogP contribution < -0.4 is 10.5 Å². The molecule has 4 nitrogen and oxygen atoms in total. The first-order valence-electron chi connectivity index (χ1n) is 9.39. The highest BCUT2D eigenvalue weighted by molar-refractivity contribution is 5.85. The summed E-state index contributed by atoms with van der Waals surface area (Å²) in [5.74, 6) is 1.31. The molecule has 0 saturated carbocycles. The van der Waals surface area contributed by atoms with Crippen LogP contribution in [0.15, 0.2) is 72.8 Å². The summed E-state index contributed by atoms with van der Waals surface area (Å²) in [6.45, 7) is 2.02. The van der Waals surface area contributed by atoms with Crippen LogP contribution in [0, 0.1) is 5.92 Å². The topological polar surface area (TPSA) is 55.6 Å². The third kappa shape index (κ3) is 4.29. The molecular formula is C23H25ClN2O2. The number of fused-ring (bicyclic) bond motifs is 1. The molecule has 0 aromatic heterocycles. The molecule has 1 amide bonds. The zero-order valence-electron chi connectivity index (χ0n) is 15.7. The number of halogens is 1. The predicted molar refractivity (Wildman–Crippen MR) is 115 cm³/mol. The second kappa shape index (κ2) is 9.09. The van der Waals surface area contributed by atoms with Crippen LogP contribution in [-0.4, -0.2) is 37.0 Å². The van der Waals surface area contributed by atoms with Gasteiger partial charge >= 0.3 is 0 Å². The largest absolute Gasteiger partial charge is 0.484 e. The van der Waals surface area contributed by atoms with Crippen LogP contribution >= 0.6 is 12.4 Å². The first-order valence-corrected chi connectivity index (χ1v) is 9.39. The van der Waals surface area contributed by atoms with Gasteiger partial charge in [0.05, 0.1) is 0 Å². The van der Waals surface area contributed by atoms with Gasteiger partial charge in [0.25, 0.3) is 5.91 Å². The van der Waals surface area contributed by atoms with Crippen LogP contribution in [-0.2, 0) is 4.79 Å². The molecule has 1 aliphatic rings. The number of carbonyl (C=O) groups is 1. The number of nitrogens with zero attached hydrogens (tertiary/aromatic N) is 1. The normalized spacial score (nSPS) is 18.7. The van der Waals surface area contributed by atoms with E-state index < -0.39 is 0 Å². The SMILES string of the molecule is Cl.NC[C@@H]1CN(C(=O)COc2ccc3ccccc3c2)C[C@H]1c1ccccc1. The summed E-state index contributed by atoms with van der Waals surface area (Å²) in [6.07, 6.45) is 0. The zero-order chi connectivity index (χ0) is 18.6. The molecular weight excluding hydrogens is 372 g/mol. The summed E-state index contributed by atoms with van der Waals surface area (Å²) in [6, 6.07) is 24.3. The van der Waals surface area contributed by atoms with Gasteiger partial charge < -0.3 is 15.4 Å². The van der Waals surface area contributed by atoms with Crippen molar-refractivity contribution in [2.24, 2.45) is 11.7 Å². The quantitative estimate of drug-likeness (QED) is 0.712. The standard InChI is InChI=1S/C23H24N2O2.ClH/c24-13-20-14-25(15-22(20)18-7-2-1-3-8-18)23(26)16-27-21-11-10-17-6-4-5-9-19(17)12-21;/h1-12,20,22H,13-16,24H2;1H/t20-,22+;/m1./s1. The Morgan fingerprint density at radius 2 is 1.68 bits per heavy atom. The van der Waals surface area contributed by atoms with Gasteiger partial charge in [-0.15, -0.1) is 12.4 Å². The van der Waals surface area contributed by atoms with Crippen molar-refractivity contribution in [2.75, 3.05) is 26.2 Å². The maximum Gasteiger partial charge on any atom is 0.260 e. The summed E-state index contributed by atoms with van der Waals surface area (Å²) in [4.78, 5) is 14.6. The van der Waals surface area contributed by atoms with E-state index in [1.165, 1.54) is 5.56 Å². The van der Waals surface area contributed by atoms with Crippen LogP contribution in [0.5, 0.6) is 5.75 Å². The zero-order valence-corrected chi connectivity index (χ0v) is 16.5. The van der Waals surface area contributed by atoms with Crippen molar-refractivity contribution >= 4 is 29.1 Å². The number of benzene rings is 3. The molecule has 2 N–H and O–H groups in total. The highest BCUT2D eigenvalue weighted by Gasteiger charge is 2.35. The van der Waals surface area contributed by atoms with E-state index in [1.807, 2.05) is 59.5 Å². The Hall–Kier alpha value is -2.56. The molecule has 5 heteroatoms. The van der Waals surface area contributed by atoms with Gasteiger partial charge in [0.2, 0.25) is 0 Å². The molecule has 1 heterocycles. The minimum Gasteiger partial charge on any atom is -0.484 e. The Bertz CT molecular complexity index is 932. The van der Waals surface area contributed by atoms with Crippen LogP contribution in [0.2, 0.25) is 0 Å². The maximum absolute atomic E-state index is 12.7. The van der Waals surface area contributed by atoms with Crippen molar-refractivity contribution in [3.63, 3.8) is 0 Å². The van der Waals surface area contributed by atoms with E-state index in [4.69, 9.17) is 10.5 Å². The van der Waals surface area contributed by atoms with E-state index >= 15 is 0 Å². The Balaban J connectivity index is 0.00000225. The average Bonchev–Trinajstić information content (AvgIpc) is 3.17. The summed E-state index contributed by atoms with van der Waals surface area (Å²) in [5.41, 5.74) is 7.22. The number of hydrogen-bond acceptors (Lipinski definition) is 3. The van der Waals surface area contributed by atoms with Crippen LogP contribution in [0.25, 0.3) is 10.8 Å². The van der Waals surface area contributed by atoms with Gasteiger partial charge in [0.1, 0.15) is 5.75 Å². The highest BCUT2D eigenvalue weighted by Crippen LogP contribution is 2.32. The average molecular weight is 397 g/mol. The molecule has 0 aliphatic carbocycles. The number of amides is 1. The van der Waals surface area contributed by atoms with E-state index in [1.54, 1.807) is 0 Å². The van der Waals surface area contributed by atoms with E-state index in [2.05, 4.69) is 18.2 Å². The first kappa shape index (κ1) is 20.2. The van der Waals surface area contributed by atoms with Gasteiger partial charge in [-0.2, -0.15) is 0 Å². The molecule has 2 atom stereocenters. The number of carbonyl (C=O) groups excluding carboxylic acids is 1. The van der Waals surface area contributed by atoms with E-state index in [0.717, 1.165) is 16.5 Å². The molecule has 1 aliphatic heterocycles. The fourth-order valence-corrected chi connectivity index (χ4v) is 3.89. The van der Waals surface area contributed by atoms with Gasteiger partial charge in [-0.05, 0) is 40.9 Å². The van der Waals surface area contributed by atoms with Crippen molar-refractivity contribution in [1.82, 2.24) is 4.90 Å². The van der Waals surface area contributed by atoms with Gasteiger partial charge in [-0.1, -0.05) is 60.7 Å². The summed E-state index contributed by atoms with van der Waals surface area (Å²) < 4.78 is 5.78. The molecule has 0 bridgehead atoms. The maximum atomic E-state index is 12.7. The Morgan fingerprint density at radius 3 is 2.43 bits per heavy atom. The highest BCUT2D eigenvalue weighted by atomic mass is 35.5. The van der Waals surface area contributed by atoms with Gasteiger partial charge in [-0.3, -0.25) is 4.79 Å². The van der Waals surface area contributed by atoms with E-state index in [-0.39, 0.29) is 30.8 Å². The van der Waals surface area contributed by atoms with Gasteiger partial charge in [-0.25, -0.2) is 0 Å². The van der Waals surface area contributed by atoms with Crippen LogP contribution in [0.3, 0.4) is 0 Å². The van der Waals surface area contributed by atoms with Crippen molar-refractivity contribution in [3.05, 3.63) is 78.4 Å². The monoisotopic (exact) mass is 396 g/mol. The minimum absolute atomic E-state index is 0. The lowest BCUT2D eigenvalue weighted by Gasteiger charge is -2.17. The molecule has 146 valence electrons. The number of likely N-dealkylation sites (tertiary alicyclic amines) is 1. The molecule has 1 saturated heterocycles. The summed E-state index contributed by atoms with van der Waals surface area (Å²) >= 11 is 0. The second-order valence-electron chi connectivity index (χ2n) is 7.11. The molecule has 0 spiro atoms. The van der Waals surface area contributed by atoms with Gasteiger partial charge in [0.15, 0.2) is 6.61 Å². The Kier molecular flexibility index (Phi) is 6.55. The fraction of sp³-hybridized carbons (Fsp3) is 0.261. The lowest BCUT2D eigenvalue weighted by molar-refractivity contribution is -0.132. The number of ether oxygens (including phenoxy) is 1. The van der Waals surface area contributed by atoms with Gasteiger partial charge in [0, 0.05) is 19.0 Å².